The quantitative estimate of drug-likeness (QED) is 0.204. The smallest absolute Gasteiger partial charge is 0.550 e. The summed E-state index contributed by atoms with van der Waals surface area (Å²) in [5, 5.41) is 12.5. The number of carboxylic acids is 1. The first kappa shape index (κ1) is 28.2. The molecule has 8 heteroatoms. The first-order valence-corrected chi connectivity index (χ1v) is 12.2. The van der Waals surface area contributed by atoms with Gasteiger partial charge in [-0.25, -0.2) is 9.37 Å². The zero-order valence-corrected chi connectivity index (χ0v) is 23.5. The number of aromatic nitrogens is 2. The van der Waals surface area contributed by atoms with E-state index in [1.807, 2.05) is 66.7 Å². The molecule has 0 radical (unpaired) electrons. The largest absolute Gasteiger partial charge is 1.00 e. The molecular formula is C31H24FN2NaO4. The molecule has 0 N–H and O–H groups in total. The number of hydrogen-bond donors (Lipinski definition) is 0. The molecule has 0 aliphatic heterocycles. The van der Waals surface area contributed by atoms with Crippen LogP contribution in [0.1, 0.15) is 18.4 Å². The van der Waals surface area contributed by atoms with E-state index in [1.165, 1.54) is 12.1 Å². The molecular weight excluding hydrogens is 506 g/mol. The summed E-state index contributed by atoms with van der Waals surface area (Å²) < 4.78 is 25.2. The van der Waals surface area contributed by atoms with E-state index in [-0.39, 0.29) is 48.4 Å². The SMILES string of the molecule is O=C([O-])CCCOc1ccc2cc(-c3nc(OCc4cccc(F)c4)cc(-c4ccccc4)n3)ccc2c1.[Na+]. The molecule has 0 saturated carbocycles. The van der Waals surface area contributed by atoms with Crippen LogP contribution in [0.5, 0.6) is 11.6 Å². The van der Waals surface area contributed by atoms with Crippen molar-refractivity contribution < 1.29 is 53.3 Å². The van der Waals surface area contributed by atoms with Crippen LogP contribution in [0, 0.1) is 5.82 Å². The van der Waals surface area contributed by atoms with Gasteiger partial charge >= 0.3 is 29.6 Å². The summed E-state index contributed by atoms with van der Waals surface area (Å²) >= 11 is 0. The first-order chi connectivity index (χ1) is 18.5. The van der Waals surface area contributed by atoms with Crippen molar-refractivity contribution in [2.75, 3.05) is 6.61 Å². The maximum absolute atomic E-state index is 13.6. The minimum absolute atomic E-state index is 0. The van der Waals surface area contributed by atoms with E-state index in [0.29, 0.717) is 41.7 Å². The van der Waals surface area contributed by atoms with Gasteiger partial charge in [0.15, 0.2) is 5.82 Å². The van der Waals surface area contributed by atoms with Crippen LogP contribution in [0.4, 0.5) is 4.39 Å². The van der Waals surface area contributed by atoms with Gasteiger partial charge in [-0.2, -0.15) is 4.98 Å². The zero-order valence-electron chi connectivity index (χ0n) is 21.5. The Kier molecular flexibility index (Phi) is 9.65. The van der Waals surface area contributed by atoms with Gasteiger partial charge in [0.2, 0.25) is 5.88 Å². The number of nitrogens with zero attached hydrogens (tertiary/aromatic N) is 2. The van der Waals surface area contributed by atoms with E-state index in [1.54, 1.807) is 18.2 Å². The van der Waals surface area contributed by atoms with Gasteiger partial charge in [-0.15, -0.1) is 0 Å². The molecule has 39 heavy (non-hydrogen) atoms. The van der Waals surface area contributed by atoms with Gasteiger partial charge in [0, 0.05) is 23.2 Å². The van der Waals surface area contributed by atoms with Gasteiger partial charge < -0.3 is 19.4 Å². The average Bonchev–Trinajstić information content (AvgIpc) is 2.94. The van der Waals surface area contributed by atoms with Crippen LogP contribution >= 0.6 is 0 Å². The topological polar surface area (TPSA) is 84.4 Å². The molecule has 1 aromatic heterocycles. The average molecular weight is 531 g/mol. The fourth-order valence-electron chi connectivity index (χ4n) is 4.03. The molecule has 0 fully saturated rings. The number of aliphatic carboxylic acids is 1. The van der Waals surface area contributed by atoms with Gasteiger partial charge in [0.1, 0.15) is 18.2 Å². The minimum atomic E-state index is -1.08. The molecule has 0 saturated heterocycles. The van der Waals surface area contributed by atoms with E-state index < -0.39 is 5.97 Å². The Hall–Kier alpha value is -3.78. The van der Waals surface area contributed by atoms with E-state index >= 15 is 0 Å². The van der Waals surface area contributed by atoms with E-state index in [0.717, 1.165) is 21.9 Å². The van der Waals surface area contributed by atoms with Crippen molar-refractivity contribution in [1.29, 1.82) is 0 Å². The van der Waals surface area contributed by atoms with Crippen molar-refractivity contribution >= 4 is 16.7 Å². The second-order valence-electron chi connectivity index (χ2n) is 8.75. The van der Waals surface area contributed by atoms with Gasteiger partial charge in [0.25, 0.3) is 0 Å². The monoisotopic (exact) mass is 530 g/mol. The molecule has 6 nitrogen and oxygen atoms in total. The summed E-state index contributed by atoms with van der Waals surface area (Å²) in [7, 11) is 0. The number of hydrogen-bond acceptors (Lipinski definition) is 6. The van der Waals surface area contributed by atoms with E-state index in [4.69, 9.17) is 14.5 Å². The van der Waals surface area contributed by atoms with E-state index in [2.05, 4.69) is 4.98 Å². The van der Waals surface area contributed by atoms with Crippen LogP contribution in [0.25, 0.3) is 33.4 Å². The van der Waals surface area contributed by atoms with Crippen molar-refractivity contribution in [2.24, 2.45) is 0 Å². The molecule has 0 unspecified atom stereocenters. The predicted octanol–water partition coefficient (Wildman–Crippen LogP) is 2.59. The Balaban J connectivity index is 0.00000353. The Morgan fingerprint density at radius 3 is 2.38 bits per heavy atom. The molecule has 0 aliphatic carbocycles. The molecule has 0 amide bonds. The van der Waals surface area contributed by atoms with Crippen molar-refractivity contribution in [3.8, 4) is 34.3 Å². The standard InChI is InChI=1S/C31H25FN2O4.Na/c32-26-9-4-6-21(16-26)20-38-29-19-28(22-7-2-1-3-8-22)33-31(34-29)25-12-11-24-18-27(14-13-23(24)17-25)37-15-5-10-30(35)36;/h1-4,6-9,11-14,16-19H,5,10,15,20H2,(H,35,36);/q;+1/p-1. The number of halogens is 1. The Morgan fingerprint density at radius 1 is 0.795 bits per heavy atom. The molecule has 0 spiro atoms. The molecule has 0 atom stereocenters. The number of fused-ring (bicyclic) bond motifs is 1. The molecule has 190 valence electrons. The van der Waals surface area contributed by atoms with Gasteiger partial charge in [-0.3, -0.25) is 0 Å². The fourth-order valence-corrected chi connectivity index (χ4v) is 4.03. The maximum Gasteiger partial charge on any atom is 1.00 e. The van der Waals surface area contributed by atoms with Gasteiger partial charge in [0.05, 0.1) is 12.3 Å². The van der Waals surface area contributed by atoms with Crippen LogP contribution < -0.4 is 44.1 Å². The third-order valence-corrected chi connectivity index (χ3v) is 5.91. The minimum Gasteiger partial charge on any atom is -0.550 e. The number of carboxylic acid groups (broad SMARTS) is 1. The van der Waals surface area contributed by atoms with Crippen LogP contribution in [-0.2, 0) is 11.4 Å². The number of carbonyl (C=O) groups is 1. The summed E-state index contributed by atoms with van der Waals surface area (Å²) in [6.45, 7) is 0.474. The molecule has 1 heterocycles. The Labute approximate surface area is 247 Å². The van der Waals surface area contributed by atoms with Crippen molar-refractivity contribution in [3.05, 3.63) is 108 Å². The summed E-state index contributed by atoms with van der Waals surface area (Å²) in [6, 6.07) is 29.4. The molecule has 5 aromatic rings. The fraction of sp³-hybridized carbons (Fsp3) is 0.129. The summed E-state index contributed by atoms with van der Waals surface area (Å²) in [6.07, 6.45) is 0.352. The van der Waals surface area contributed by atoms with Crippen LogP contribution in [0.3, 0.4) is 0 Å². The summed E-state index contributed by atoms with van der Waals surface area (Å²) in [5.41, 5.74) is 3.15. The van der Waals surface area contributed by atoms with Crippen LogP contribution in [-0.4, -0.2) is 22.5 Å². The Bertz CT molecular complexity index is 1580. The van der Waals surface area contributed by atoms with Crippen molar-refractivity contribution in [1.82, 2.24) is 9.97 Å². The third kappa shape index (κ3) is 7.63. The van der Waals surface area contributed by atoms with Crippen molar-refractivity contribution in [3.63, 3.8) is 0 Å². The van der Waals surface area contributed by atoms with Crippen LogP contribution in [0.2, 0.25) is 0 Å². The van der Waals surface area contributed by atoms with Gasteiger partial charge in [-0.1, -0.05) is 60.7 Å². The Morgan fingerprint density at radius 2 is 1.59 bits per heavy atom. The molecule has 4 aromatic carbocycles. The second kappa shape index (κ2) is 13.3. The molecule has 0 aliphatic rings. The summed E-state index contributed by atoms with van der Waals surface area (Å²) in [5.74, 6) is 0.157. The number of rotatable bonds is 10. The first-order valence-electron chi connectivity index (χ1n) is 12.2. The second-order valence-corrected chi connectivity index (χ2v) is 8.75. The molecule has 0 bridgehead atoms. The maximum atomic E-state index is 13.6. The van der Waals surface area contributed by atoms with Gasteiger partial charge in [-0.05, 0) is 59.5 Å². The third-order valence-electron chi connectivity index (χ3n) is 5.91. The zero-order chi connectivity index (χ0) is 26.3. The van der Waals surface area contributed by atoms with E-state index in [9.17, 15) is 14.3 Å². The number of carbonyl (C=O) groups excluding carboxylic acids is 1. The molecule has 5 rings (SSSR count). The van der Waals surface area contributed by atoms with Crippen LogP contribution in [0.15, 0.2) is 97.1 Å². The number of benzene rings is 4. The summed E-state index contributed by atoms with van der Waals surface area (Å²) in [4.78, 5) is 20.0. The predicted molar refractivity (Wildman–Crippen MR) is 141 cm³/mol. The van der Waals surface area contributed by atoms with Crippen molar-refractivity contribution in [2.45, 2.75) is 19.4 Å². The number of ether oxygens (including phenoxy) is 2. The normalized spacial score (nSPS) is 10.6.